The number of aryl methyl sites for hydroxylation is 1. The third kappa shape index (κ3) is 4.45. The molecule has 0 aliphatic heterocycles. The van der Waals surface area contributed by atoms with Gasteiger partial charge < -0.3 is 10.1 Å². The number of esters is 1. The van der Waals surface area contributed by atoms with Crippen molar-refractivity contribution in [1.29, 1.82) is 0 Å². The lowest BCUT2D eigenvalue weighted by atomic mass is 9.98. The Morgan fingerprint density at radius 2 is 1.77 bits per heavy atom. The number of anilines is 1. The van der Waals surface area contributed by atoms with E-state index >= 15 is 0 Å². The molecule has 26 heavy (non-hydrogen) atoms. The maximum Gasteiger partial charge on any atom is 0.341 e. The second-order valence-electron chi connectivity index (χ2n) is 6.35. The normalized spacial score (nSPS) is 12.0. The largest absolute Gasteiger partial charge is 0.449 e. The van der Waals surface area contributed by atoms with Crippen molar-refractivity contribution in [3.63, 3.8) is 0 Å². The van der Waals surface area contributed by atoms with E-state index in [0.717, 1.165) is 23.3 Å². The Hall–Kier alpha value is -2.76. The average molecular weight is 361 g/mol. The first-order valence-corrected chi connectivity index (χ1v) is 8.27. The van der Waals surface area contributed by atoms with E-state index in [0.29, 0.717) is 11.8 Å². The number of amides is 1. The van der Waals surface area contributed by atoms with Crippen molar-refractivity contribution in [2.75, 3.05) is 5.32 Å². The quantitative estimate of drug-likeness (QED) is 0.793. The summed E-state index contributed by atoms with van der Waals surface area (Å²) in [5.41, 5.74) is 2.09. The molecule has 0 unspecified atom stereocenters. The molecule has 1 N–H and O–H groups in total. The predicted octanol–water partition coefficient (Wildman–Crippen LogP) is 4.58. The van der Waals surface area contributed by atoms with E-state index in [1.165, 1.54) is 6.92 Å². The second kappa shape index (κ2) is 8.08. The maximum atomic E-state index is 13.7. The first-order chi connectivity index (χ1) is 12.2. The van der Waals surface area contributed by atoms with E-state index in [2.05, 4.69) is 5.32 Å². The molecule has 0 heterocycles. The minimum atomic E-state index is -1.15. The van der Waals surface area contributed by atoms with Crippen LogP contribution in [0.5, 0.6) is 0 Å². The van der Waals surface area contributed by atoms with Crippen LogP contribution in [0.3, 0.4) is 0 Å². The molecule has 1 amide bonds. The van der Waals surface area contributed by atoms with Crippen molar-refractivity contribution in [3.8, 4) is 0 Å². The highest BCUT2D eigenvalue weighted by Gasteiger charge is 2.23. The molecule has 138 valence electrons. The van der Waals surface area contributed by atoms with E-state index in [4.69, 9.17) is 4.74 Å². The molecule has 2 rings (SSSR count). The van der Waals surface area contributed by atoms with Crippen LogP contribution in [0, 0.1) is 18.6 Å². The fourth-order valence-corrected chi connectivity index (χ4v) is 2.50. The van der Waals surface area contributed by atoms with Crippen LogP contribution in [-0.2, 0) is 9.53 Å². The summed E-state index contributed by atoms with van der Waals surface area (Å²) < 4.78 is 31.6. The lowest BCUT2D eigenvalue weighted by Crippen LogP contribution is -2.31. The molecule has 0 aliphatic carbocycles. The highest BCUT2D eigenvalue weighted by molar-refractivity contribution is 5.98. The van der Waals surface area contributed by atoms with Gasteiger partial charge in [0.2, 0.25) is 0 Å². The fourth-order valence-electron chi connectivity index (χ4n) is 2.50. The summed E-state index contributed by atoms with van der Waals surface area (Å²) in [6.45, 7) is 7.27. The van der Waals surface area contributed by atoms with Gasteiger partial charge in [-0.3, -0.25) is 4.79 Å². The molecule has 2 aromatic carbocycles. The third-order valence-corrected chi connectivity index (χ3v) is 3.98. The van der Waals surface area contributed by atoms with Crippen LogP contribution in [0.4, 0.5) is 14.5 Å². The minimum Gasteiger partial charge on any atom is -0.449 e. The van der Waals surface area contributed by atoms with Crippen molar-refractivity contribution in [2.45, 2.75) is 39.7 Å². The molecular formula is C20H21F2NO3. The topological polar surface area (TPSA) is 55.4 Å². The Morgan fingerprint density at radius 3 is 2.38 bits per heavy atom. The van der Waals surface area contributed by atoms with Crippen LogP contribution >= 0.6 is 0 Å². The van der Waals surface area contributed by atoms with E-state index in [-0.39, 0.29) is 5.92 Å². The number of carbonyl (C=O) groups is 2. The van der Waals surface area contributed by atoms with Gasteiger partial charge in [0.1, 0.15) is 11.6 Å². The second-order valence-corrected chi connectivity index (χ2v) is 6.35. The van der Waals surface area contributed by atoms with Crippen LogP contribution < -0.4 is 5.32 Å². The molecule has 2 aromatic rings. The Kier molecular flexibility index (Phi) is 6.08. The molecule has 4 nitrogen and oxygen atoms in total. The number of carbonyl (C=O) groups excluding carboxylic acids is 2. The van der Waals surface area contributed by atoms with Crippen molar-refractivity contribution in [3.05, 3.63) is 64.7 Å². The third-order valence-electron chi connectivity index (χ3n) is 3.98. The van der Waals surface area contributed by atoms with Gasteiger partial charge in [0, 0.05) is 11.8 Å². The van der Waals surface area contributed by atoms with Crippen LogP contribution in [-0.4, -0.2) is 18.0 Å². The summed E-state index contributed by atoms with van der Waals surface area (Å²) in [4.78, 5) is 24.4. The lowest BCUT2D eigenvalue weighted by molar-refractivity contribution is -0.123. The van der Waals surface area contributed by atoms with Gasteiger partial charge in [-0.25, -0.2) is 13.6 Å². The molecule has 0 bridgehead atoms. The van der Waals surface area contributed by atoms with E-state index < -0.39 is 35.2 Å². The Morgan fingerprint density at radius 1 is 1.08 bits per heavy atom. The zero-order valence-electron chi connectivity index (χ0n) is 15.1. The van der Waals surface area contributed by atoms with E-state index in [1.54, 1.807) is 0 Å². The smallest absolute Gasteiger partial charge is 0.341 e. The summed E-state index contributed by atoms with van der Waals surface area (Å²) in [6, 6.07) is 8.21. The number of para-hydroxylation sites is 1. The van der Waals surface area contributed by atoms with Crippen molar-refractivity contribution < 1.29 is 23.1 Å². The molecule has 0 spiro atoms. The number of hydrogen-bond acceptors (Lipinski definition) is 3. The fraction of sp³-hybridized carbons (Fsp3) is 0.300. The zero-order chi connectivity index (χ0) is 19.4. The summed E-state index contributed by atoms with van der Waals surface area (Å²) >= 11 is 0. The highest BCUT2D eigenvalue weighted by Crippen LogP contribution is 2.27. The van der Waals surface area contributed by atoms with Gasteiger partial charge in [-0.2, -0.15) is 0 Å². The molecule has 0 radical (unpaired) electrons. The van der Waals surface area contributed by atoms with Gasteiger partial charge >= 0.3 is 5.97 Å². The predicted molar refractivity (Wildman–Crippen MR) is 95.1 cm³/mol. The summed E-state index contributed by atoms with van der Waals surface area (Å²) in [7, 11) is 0. The van der Waals surface area contributed by atoms with Gasteiger partial charge in [-0.05, 0) is 43.0 Å². The van der Waals surface area contributed by atoms with E-state index in [1.807, 2.05) is 39.0 Å². The number of ether oxygens (including phenoxy) is 1. The molecule has 0 aromatic heterocycles. The summed E-state index contributed by atoms with van der Waals surface area (Å²) in [6.07, 6.45) is -1.15. The number of halogens is 2. The van der Waals surface area contributed by atoms with Crippen molar-refractivity contribution in [2.24, 2.45) is 0 Å². The molecule has 0 fully saturated rings. The number of hydrogen-bond donors (Lipinski definition) is 1. The molecule has 6 heteroatoms. The Labute approximate surface area is 151 Å². The van der Waals surface area contributed by atoms with Crippen LogP contribution in [0.2, 0.25) is 0 Å². The first kappa shape index (κ1) is 19.6. The Bertz CT molecular complexity index is 834. The molecule has 0 saturated carbocycles. The minimum absolute atomic E-state index is 0.191. The van der Waals surface area contributed by atoms with Crippen LogP contribution in [0.1, 0.15) is 48.2 Å². The van der Waals surface area contributed by atoms with Crippen LogP contribution in [0.15, 0.2) is 36.4 Å². The standard InChI is InChI=1S/C20H21F2NO3/c1-11(2)15-7-5-6-12(3)18(15)23-19(24)13(4)26-20(25)16-9-8-14(21)10-17(16)22/h5-11,13H,1-4H3,(H,23,24)/t13-/m1/s1. The lowest BCUT2D eigenvalue weighted by Gasteiger charge is -2.19. The summed E-state index contributed by atoms with van der Waals surface area (Å²) in [5.74, 6) is -3.21. The zero-order valence-corrected chi connectivity index (χ0v) is 15.1. The number of benzene rings is 2. The first-order valence-electron chi connectivity index (χ1n) is 8.27. The number of rotatable bonds is 5. The average Bonchev–Trinajstić information content (AvgIpc) is 2.56. The van der Waals surface area contributed by atoms with E-state index in [9.17, 15) is 18.4 Å². The number of nitrogens with one attached hydrogen (secondary N) is 1. The maximum absolute atomic E-state index is 13.7. The molecule has 0 aliphatic rings. The molecule has 0 saturated heterocycles. The van der Waals surface area contributed by atoms with Crippen LogP contribution in [0.25, 0.3) is 0 Å². The highest BCUT2D eigenvalue weighted by atomic mass is 19.1. The Balaban J connectivity index is 2.12. The van der Waals surface area contributed by atoms with Gasteiger partial charge in [0.05, 0.1) is 5.56 Å². The molecule has 1 atom stereocenters. The van der Waals surface area contributed by atoms with Gasteiger partial charge in [0.15, 0.2) is 6.10 Å². The molecular weight excluding hydrogens is 340 g/mol. The van der Waals surface area contributed by atoms with Gasteiger partial charge in [-0.15, -0.1) is 0 Å². The summed E-state index contributed by atoms with van der Waals surface area (Å²) in [5, 5.41) is 2.77. The van der Waals surface area contributed by atoms with Crippen molar-refractivity contribution in [1.82, 2.24) is 0 Å². The van der Waals surface area contributed by atoms with Gasteiger partial charge in [-0.1, -0.05) is 32.0 Å². The van der Waals surface area contributed by atoms with Crippen molar-refractivity contribution >= 4 is 17.6 Å². The van der Waals surface area contributed by atoms with Gasteiger partial charge in [0.25, 0.3) is 5.91 Å². The monoisotopic (exact) mass is 361 g/mol. The SMILES string of the molecule is Cc1cccc(C(C)C)c1NC(=O)[C@@H](C)OC(=O)c1ccc(F)cc1F.